The van der Waals surface area contributed by atoms with Crippen LogP contribution >= 0.6 is 11.6 Å². The van der Waals surface area contributed by atoms with Gasteiger partial charge in [-0.1, -0.05) is 11.6 Å². The number of ether oxygens (including phenoxy) is 1. The molecule has 0 unspecified atom stereocenters. The summed E-state index contributed by atoms with van der Waals surface area (Å²) in [5, 5.41) is 12.3. The Bertz CT molecular complexity index is 401. The minimum atomic E-state index is -1.01. The molecule has 0 heterocycles. The first-order valence-electron chi connectivity index (χ1n) is 5.72. The highest BCUT2D eigenvalue weighted by atomic mass is 35.5. The van der Waals surface area contributed by atoms with Crippen molar-refractivity contribution in [1.29, 1.82) is 0 Å². The van der Waals surface area contributed by atoms with Crippen molar-refractivity contribution < 1.29 is 14.6 Å². The summed E-state index contributed by atoms with van der Waals surface area (Å²) in [5.74, 6) is 0.287. The summed E-state index contributed by atoms with van der Waals surface area (Å²) in [7, 11) is 0. The topological polar surface area (TPSA) is 58.6 Å². The molecule has 0 aliphatic carbocycles. The van der Waals surface area contributed by atoms with Gasteiger partial charge in [0, 0.05) is 11.6 Å². The highest BCUT2D eigenvalue weighted by molar-refractivity contribution is 6.30. The molecule has 0 aromatic heterocycles. The van der Waals surface area contributed by atoms with Crippen LogP contribution in [0.1, 0.15) is 20.8 Å². The van der Waals surface area contributed by atoms with Crippen LogP contribution < -0.4 is 10.1 Å². The number of carbonyl (C=O) groups is 1. The van der Waals surface area contributed by atoms with Gasteiger partial charge in [0.2, 0.25) is 0 Å². The molecule has 0 saturated carbocycles. The zero-order valence-corrected chi connectivity index (χ0v) is 11.5. The van der Waals surface area contributed by atoms with Crippen LogP contribution in [0.5, 0.6) is 5.75 Å². The van der Waals surface area contributed by atoms with Gasteiger partial charge in [0.15, 0.2) is 5.60 Å². The zero-order chi connectivity index (χ0) is 13.8. The van der Waals surface area contributed by atoms with Gasteiger partial charge in [0.25, 0.3) is 5.91 Å². The molecule has 0 aliphatic heterocycles. The number of benzene rings is 1. The fourth-order valence-corrected chi connectivity index (χ4v) is 1.42. The van der Waals surface area contributed by atoms with Gasteiger partial charge in [0.05, 0.1) is 6.10 Å². The molecule has 1 atom stereocenters. The van der Waals surface area contributed by atoms with Crippen LogP contribution in [-0.2, 0) is 4.79 Å². The number of hydrogen-bond donors (Lipinski definition) is 2. The standard InChI is InChI=1S/C13H18ClNO3/c1-9(16)8-15-12(17)13(2,3)18-11-6-4-10(14)5-7-11/h4-7,9,16H,8H2,1-3H3,(H,15,17)/t9-/m0/s1. The lowest BCUT2D eigenvalue weighted by Gasteiger charge is -2.25. The van der Waals surface area contributed by atoms with Crippen molar-refractivity contribution >= 4 is 17.5 Å². The van der Waals surface area contributed by atoms with Crippen molar-refractivity contribution in [2.45, 2.75) is 32.5 Å². The summed E-state index contributed by atoms with van der Waals surface area (Å²) in [4.78, 5) is 11.9. The molecule has 1 aromatic carbocycles. The Labute approximate surface area is 112 Å². The molecule has 1 aromatic rings. The van der Waals surface area contributed by atoms with Crippen molar-refractivity contribution in [2.24, 2.45) is 0 Å². The average molecular weight is 272 g/mol. The maximum Gasteiger partial charge on any atom is 0.263 e. The number of aliphatic hydroxyl groups is 1. The second-order valence-electron chi connectivity index (χ2n) is 4.63. The molecule has 100 valence electrons. The van der Waals surface area contributed by atoms with Gasteiger partial charge in [-0.15, -0.1) is 0 Å². The van der Waals surface area contributed by atoms with Crippen molar-refractivity contribution in [2.75, 3.05) is 6.54 Å². The molecule has 0 bridgehead atoms. The Balaban J connectivity index is 2.63. The van der Waals surface area contributed by atoms with Crippen LogP contribution in [-0.4, -0.2) is 29.3 Å². The van der Waals surface area contributed by atoms with E-state index in [1.165, 1.54) is 0 Å². The van der Waals surface area contributed by atoms with E-state index >= 15 is 0 Å². The van der Waals surface area contributed by atoms with E-state index in [2.05, 4.69) is 5.32 Å². The van der Waals surface area contributed by atoms with E-state index < -0.39 is 11.7 Å². The predicted octanol–water partition coefficient (Wildman–Crippen LogP) is 1.99. The van der Waals surface area contributed by atoms with Gasteiger partial charge in [0.1, 0.15) is 5.75 Å². The summed E-state index contributed by atoms with van der Waals surface area (Å²) in [5.41, 5.74) is -1.01. The second kappa shape index (κ2) is 6.07. The van der Waals surface area contributed by atoms with Gasteiger partial charge < -0.3 is 15.2 Å². The largest absolute Gasteiger partial charge is 0.478 e. The van der Waals surface area contributed by atoms with Crippen LogP contribution in [0.3, 0.4) is 0 Å². The molecule has 0 spiro atoms. The van der Waals surface area contributed by atoms with Gasteiger partial charge >= 0.3 is 0 Å². The molecule has 2 N–H and O–H groups in total. The van der Waals surface area contributed by atoms with E-state index in [0.717, 1.165) is 0 Å². The predicted molar refractivity (Wildman–Crippen MR) is 70.8 cm³/mol. The van der Waals surface area contributed by atoms with Gasteiger partial charge in [-0.2, -0.15) is 0 Å². The average Bonchev–Trinajstić information content (AvgIpc) is 2.28. The lowest BCUT2D eigenvalue weighted by molar-refractivity contribution is -0.134. The molecule has 5 heteroatoms. The molecule has 1 amide bonds. The number of amides is 1. The van der Waals surface area contributed by atoms with Gasteiger partial charge in [-0.05, 0) is 45.0 Å². The summed E-state index contributed by atoms with van der Waals surface area (Å²) in [6.07, 6.45) is -0.583. The van der Waals surface area contributed by atoms with Gasteiger partial charge in [-0.3, -0.25) is 4.79 Å². The van der Waals surface area contributed by atoms with Crippen LogP contribution in [0, 0.1) is 0 Å². The van der Waals surface area contributed by atoms with Gasteiger partial charge in [-0.25, -0.2) is 0 Å². The first kappa shape index (κ1) is 14.8. The molecular formula is C13H18ClNO3. The molecule has 0 fully saturated rings. The monoisotopic (exact) mass is 271 g/mol. The Morgan fingerprint density at radius 3 is 2.50 bits per heavy atom. The van der Waals surface area contributed by atoms with E-state index in [1.807, 2.05) is 0 Å². The molecule has 1 rings (SSSR count). The first-order valence-corrected chi connectivity index (χ1v) is 6.10. The number of halogens is 1. The van der Waals surface area contributed by atoms with Crippen molar-refractivity contribution in [3.05, 3.63) is 29.3 Å². The third-order valence-corrected chi connectivity index (χ3v) is 2.54. The maximum absolute atomic E-state index is 11.9. The number of hydrogen-bond acceptors (Lipinski definition) is 3. The summed E-state index contributed by atoms with van der Waals surface area (Å²) in [6, 6.07) is 6.79. The summed E-state index contributed by atoms with van der Waals surface area (Å²) < 4.78 is 5.60. The number of nitrogens with one attached hydrogen (secondary N) is 1. The Morgan fingerprint density at radius 2 is 2.00 bits per heavy atom. The van der Waals surface area contributed by atoms with Crippen LogP contribution in [0.15, 0.2) is 24.3 Å². The van der Waals surface area contributed by atoms with E-state index in [4.69, 9.17) is 21.4 Å². The normalized spacial score (nSPS) is 12.9. The molecule has 18 heavy (non-hydrogen) atoms. The minimum absolute atomic E-state index is 0.201. The van der Waals surface area contributed by atoms with E-state index in [-0.39, 0.29) is 12.5 Å². The molecule has 0 saturated heterocycles. The molecule has 0 radical (unpaired) electrons. The third-order valence-electron chi connectivity index (χ3n) is 2.29. The lowest BCUT2D eigenvalue weighted by atomic mass is 10.1. The Hall–Kier alpha value is -1.26. The van der Waals surface area contributed by atoms with E-state index in [1.54, 1.807) is 45.0 Å². The molecular weight excluding hydrogens is 254 g/mol. The Morgan fingerprint density at radius 1 is 1.44 bits per heavy atom. The fraction of sp³-hybridized carbons (Fsp3) is 0.462. The highest BCUT2D eigenvalue weighted by Gasteiger charge is 2.29. The van der Waals surface area contributed by atoms with E-state index in [9.17, 15) is 4.79 Å². The number of rotatable bonds is 5. The van der Waals surface area contributed by atoms with Crippen molar-refractivity contribution in [3.63, 3.8) is 0 Å². The summed E-state index contributed by atoms with van der Waals surface area (Å²) in [6.45, 7) is 5.14. The van der Waals surface area contributed by atoms with Crippen LogP contribution in [0.2, 0.25) is 5.02 Å². The number of aliphatic hydroxyl groups excluding tert-OH is 1. The molecule has 4 nitrogen and oxygen atoms in total. The third kappa shape index (κ3) is 4.55. The molecule has 0 aliphatic rings. The smallest absolute Gasteiger partial charge is 0.263 e. The first-order chi connectivity index (χ1) is 8.31. The van der Waals surface area contributed by atoms with Crippen molar-refractivity contribution in [3.8, 4) is 5.75 Å². The highest BCUT2D eigenvalue weighted by Crippen LogP contribution is 2.20. The van der Waals surface area contributed by atoms with Crippen LogP contribution in [0.4, 0.5) is 0 Å². The van der Waals surface area contributed by atoms with Crippen LogP contribution in [0.25, 0.3) is 0 Å². The number of carbonyl (C=O) groups excluding carboxylic acids is 1. The summed E-state index contributed by atoms with van der Waals surface area (Å²) >= 11 is 5.77. The second-order valence-corrected chi connectivity index (χ2v) is 5.06. The fourth-order valence-electron chi connectivity index (χ4n) is 1.30. The maximum atomic E-state index is 11.9. The SMILES string of the molecule is C[C@H](O)CNC(=O)C(C)(C)Oc1ccc(Cl)cc1. The van der Waals surface area contributed by atoms with Crippen molar-refractivity contribution in [1.82, 2.24) is 5.32 Å². The zero-order valence-electron chi connectivity index (χ0n) is 10.7. The lowest BCUT2D eigenvalue weighted by Crippen LogP contribution is -2.48. The Kier molecular flexibility index (Phi) is 4.99. The quantitative estimate of drug-likeness (QED) is 0.861. The van der Waals surface area contributed by atoms with E-state index in [0.29, 0.717) is 10.8 Å². The minimum Gasteiger partial charge on any atom is -0.478 e.